The van der Waals surface area contributed by atoms with E-state index in [0.717, 1.165) is 45.8 Å². The molecule has 0 aliphatic heterocycles. The molecular formula is C29H34N6O4. The molecule has 2 amide bonds. The third-order valence-corrected chi connectivity index (χ3v) is 6.53. The van der Waals surface area contributed by atoms with Gasteiger partial charge in [-0.2, -0.15) is 0 Å². The Bertz CT molecular complexity index is 1480. The van der Waals surface area contributed by atoms with Gasteiger partial charge in [-0.1, -0.05) is 37.1 Å². The lowest BCUT2D eigenvalue weighted by molar-refractivity contribution is -0.119. The Kier molecular flexibility index (Phi) is 8.53. The van der Waals surface area contributed by atoms with Gasteiger partial charge in [0.05, 0.1) is 11.0 Å². The van der Waals surface area contributed by atoms with E-state index in [1.54, 1.807) is 9.13 Å². The first-order valence-electron chi connectivity index (χ1n) is 13.3. The fourth-order valence-electron chi connectivity index (χ4n) is 4.67. The molecule has 204 valence electrons. The molecule has 0 bridgehead atoms. The zero-order valence-electron chi connectivity index (χ0n) is 22.8. The van der Waals surface area contributed by atoms with Crippen molar-refractivity contribution in [1.82, 2.24) is 9.13 Å². The van der Waals surface area contributed by atoms with Crippen molar-refractivity contribution in [1.29, 1.82) is 0 Å². The predicted molar refractivity (Wildman–Crippen MR) is 150 cm³/mol. The van der Waals surface area contributed by atoms with E-state index in [4.69, 9.17) is 0 Å². The number of carbonyl (C=O) groups excluding carboxylic acids is 2. The molecule has 0 atom stereocenters. The Morgan fingerprint density at radius 3 is 1.51 bits per heavy atom. The van der Waals surface area contributed by atoms with Crippen molar-refractivity contribution in [3.05, 3.63) is 47.5 Å². The van der Waals surface area contributed by atoms with Crippen LogP contribution in [0, 0.1) is 13.8 Å². The quantitative estimate of drug-likeness (QED) is 0.205. The predicted octanol–water partition coefficient (Wildman–Crippen LogP) is 7.54. The Hall–Kier alpha value is -4.34. The number of aryl methyl sites for hydroxylation is 4. The summed E-state index contributed by atoms with van der Waals surface area (Å²) in [6.45, 7) is 9.14. The van der Waals surface area contributed by atoms with Crippen molar-refractivity contribution in [2.75, 3.05) is 0 Å². The number of aromatic nitrogens is 2. The average molecular weight is 531 g/mol. The van der Waals surface area contributed by atoms with Crippen LogP contribution in [0.25, 0.3) is 21.8 Å². The Morgan fingerprint density at radius 2 is 1.13 bits per heavy atom. The van der Waals surface area contributed by atoms with Crippen molar-refractivity contribution >= 4 is 45.0 Å². The van der Waals surface area contributed by atoms with Gasteiger partial charge in [-0.15, -0.1) is 20.5 Å². The van der Waals surface area contributed by atoms with Crippen LogP contribution in [0.15, 0.2) is 56.9 Å². The van der Waals surface area contributed by atoms with Crippen LogP contribution >= 0.6 is 0 Å². The minimum atomic E-state index is -0.501. The Morgan fingerprint density at radius 1 is 0.718 bits per heavy atom. The monoisotopic (exact) mass is 530 g/mol. The first-order chi connectivity index (χ1) is 18.7. The average Bonchev–Trinajstić information content (AvgIpc) is 3.31. The molecule has 10 heteroatoms. The van der Waals surface area contributed by atoms with E-state index >= 15 is 0 Å². The summed E-state index contributed by atoms with van der Waals surface area (Å²) in [6.07, 6.45) is 1.87. The molecule has 2 N–H and O–H groups in total. The van der Waals surface area contributed by atoms with Gasteiger partial charge in [0.2, 0.25) is 11.8 Å². The summed E-state index contributed by atoms with van der Waals surface area (Å²) < 4.78 is 3.52. The molecule has 10 nitrogen and oxygen atoms in total. The zero-order valence-corrected chi connectivity index (χ0v) is 22.8. The van der Waals surface area contributed by atoms with Crippen LogP contribution in [0.2, 0.25) is 0 Å². The third-order valence-electron chi connectivity index (χ3n) is 6.53. The fourth-order valence-corrected chi connectivity index (χ4v) is 4.67. The summed E-state index contributed by atoms with van der Waals surface area (Å²) >= 11 is 0. The van der Waals surface area contributed by atoms with Crippen molar-refractivity contribution in [2.45, 2.75) is 72.9 Å². The molecule has 0 saturated heterocycles. The van der Waals surface area contributed by atoms with Crippen molar-refractivity contribution in [2.24, 2.45) is 20.5 Å². The normalized spacial score (nSPS) is 12.0. The number of nitrogens with zero attached hydrogens (tertiary/aromatic N) is 6. The van der Waals surface area contributed by atoms with Crippen molar-refractivity contribution in [3.8, 4) is 11.8 Å². The molecule has 0 saturated carbocycles. The molecule has 0 aliphatic rings. The van der Waals surface area contributed by atoms with E-state index in [0.29, 0.717) is 13.1 Å². The Balaban J connectivity index is 1.40. The van der Waals surface area contributed by atoms with Gasteiger partial charge in [-0.25, -0.2) is 0 Å². The standard InChI is InChI=1S/C29H34N6O4/c1-5-14-34-22-12-10-18(3)16-20(22)26(28(34)38)32-30-24(36)8-7-9-25(37)31-33-27-21-17-19(4)11-13-23(21)35(15-6-2)29(27)39/h10-13,16-17,38-39H,5-9,14-15H2,1-4H3. The first kappa shape index (κ1) is 27.7. The molecule has 2 aromatic carbocycles. The molecule has 39 heavy (non-hydrogen) atoms. The summed E-state index contributed by atoms with van der Waals surface area (Å²) in [6, 6.07) is 11.6. The number of aromatic hydroxyl groups is 2. The highest BCUT2D eigenvalue weighted by atomic mass is 16.3. The molecule has 4 rings (SSSR count). The van der Waals surface area contributed by atoms with Gasteiger partial charge in [0.25, 0.3) is 11.8 Å². The largest absolute Gasteiger partial charge is 0.493 e. The first-order valence-corrected chi connectivity index (χ1v) is 13.3. The second-order valence-electron chi connectivity index (χ2n) is 9.73. The summed E-state index contributed by atoms with van der Waals surface area (Å²) in [5.74, 6) is -1.05. The van der Waals surface area contributed by atoms with Crippen LogP contribution in [0.5, 0.6) is 11.8 Å². The number of benzene rings is 2. The van der Waals surface area contributed by atoms with Crippen LogP contribution in [0.3, 0.4) is 0 Å². The van der Waals surface area contributed by atoms with Gasteiger partial charge in [0.15, 0.2) is 11.4 Å². The molecule has 0 spiro atoms. The lowest BCUT2D eigenvalue weighted by Gasteiger charge is -2.04. The van der Waals surface area contributed by atoms with Gasteiger partial charge in [0, 0.05) is 36.7 Å². The topological polar surface area (TPSA) is 134 Å². The van der Waals surface area contributed by atoms with Gasteiger partial charge < -0.3 is 19.3 Å². The highest BCUT2D eigenvalue weighted by Gasteiger charge is 2.18. The summed E-state index contributed by atoms with van der Waals surface area (Å²) in [7, 11) is 0. The highest BCUT2D eigenvalue weighted by molar-refractivity contribution is 5.96. The Labute approximate surface area is 226 Å². The van der Waals surface area contributed by atoms with E-state index in [1.165, 1.54) is 0 Å². The highest BCUT2D eigenvalue weighted by Crippen LogP contribution is 2.40. The summed E-state index contributed by atoms with van der Waals surface area (Å²) in [4.78, 5) is 24.7. The van der Waals surface area contributed by atoms with Gasteiger partial charge >= 0.3 is 0 Å². The number of hydrogen-bond acceptors (Lipinski definition) is 6. The maximum Gasteiger partial charge on any atom is 0.264 e. The van der Waals surface area contributed by atoms with Crippen LogP contribution in [0.4, 0.5) is 11.4 Å². The molecule has 0 aliphatic carbocycles. The van der Waals surface area contributed by atoms with E-state index in [2.05, 4.69) is 20.5 Å². The number of azo groups is 2. The number of amides is 2. The third kappa shape index (κ3) is 5.89. The SMILES string of the molecule is CCCn1c(O)c(N=NC(=O)CCCC(=O)N=Nc2c(O)n(CCC)c3ccc(C)cc23)c2cc(C)ccc21. The number of hydrogen-bond donors (Lipinski definition) is 2. The van der Waals surface area contributed by atoms with Gasteiger partial charge in [0.1, 0.15) is 0 Å². The van der Waals surface area contributed by atoms with E-state index < -0.39 is 11.8 Å². The molecule has 0 fully saturated rings. The van der Waals surface area contributed by atoms with Gasteiger partial charge in [-0.05, 0) is 57.4 Å². The number of rotatable bonds is 10. The van der Waals surface area contributed by atoms with Crippen molar-refractivity contribution in [3.63, 3.8) is 0 Å². The van der Waals surface area contributed by atoms with E-state index in [9.17, 15) is 19.8 Å². The van der Waals surface area contributed by atoms with Gasteiger partial charge in [-0.3, -0.25) is 9.59 Å². The minimum absolute atomic E-state index is 0.00158. The number of carbonyl (C=O) groups is 2. The summed E-state index contributed by atoms with van der Waals surface area (Å²) in [5.41, 5.74) is 4.19. The maximum absolute atomic E-state index is 12.4. The molecule has 0 unspecified atom stereocenters. The fraction of sp³-hybridized carbons (Fsp3) is 0.379. The van der Waals surface area contributed by atoms with Crippen LogP contribution < -0.4 is 0 Å². The molecule has 2 heterocycles. The lowest BCUT2D eigenvalue weighted by Crippen LogP contribution is -1.97. The van der Waals surface area contributed by atoms with Crippen LogP contribution in [-0.4, -0.2) is 31.2 Å². The molecular weight excluding hydrogens is 496 g/mol. The minimum Gasteiger partial charge on any atom is -0.493 e. The lowest BCUT2D eigenvalue weighted by atomic mass is 10.1. The van der Waals surface area contributed by atoms with Crippen LogP contribution in [-0.2, 0) is 22.7 Å². The van der Waals surface area contributed by atoms with Crippen LogP contribution in [0.1, 0.15) is 57.1 Å². The molecule has 0 radical (unpaired) electrons. The second kappa shape index (κ2) is 12.0. The van der Waals surface area contributed by atoms with E-state index in [-0.39, 0.29) is 42.4 Å². The smallest absolute Gasteiger partial charge is 0.264 e. The maximum atomic E-state index is 12.4. The zero-order chi connectivity index (χ0) is 28.1. The van der Waals surface area contributed by atoms with Crippen molar-refractivity contribution < 1.29 is 19.8 Å². The molecule has 4 aromatic rings. The number of fused-ring (bicyclic) bond motifs is 2. The molecule has 2 aromatic heterocycles. The van der Waals surface area contributed by atoms with E-state index in [1.807, 2.05) is 64.1 Å². The summed E-state index contributed by atoms with van der Waals surface area (Å²) in [5, 5.41) is 38.5. The second-order valence-corrected chi connectivity index (χ2v) is 9.73.